The van der Waals surface area contributed by atoms with Crippen molar-refractivity contribution in [3.8, 4) is 11.3 Å². The van der Waals surface area contributed by atoms with Gasteiger partial charge >= 0.3 is 0 Å². The van der Waals surface area contributed by atoms with Gasteiger partial charge in [0.05, 0.1) is 11.9 Å². The van der Waals surface area contributed by atoms with E-state index in [-0.39, 0.29) is 12.1 Å². The maximum atomic E-state index is 12.8. The van der Waals surface area contributed by atoms with Gasteiger partial charge in [-0.3, -0.25) is 9.78 Å². The van der Waals surface area contributed by atoms with Gasteiger partial charge in [0.1, 0.15) is 11.2 Å². The van der Waals surface area contributed by atoms with Crippen molar-refractivity contribution in [1.29, 1.82) is 0 Å². The van der Waals surface area contributed by atoms with Crippen LogP contribution in [0.3, 0.4) is 0 Å². The molecule has 3 aromatic heterocycles. The van der Waals surface area contributed by atoms with Crippen molar-refractivity contribution in [3.05, 3.63) is 92.7 Å². The molecule has 128 valence electrons. The number of halogens is 1. The highest BCUT2D eigenvalue weighted by atomic mass is 79.9. The Morgan fingerprint density at radius 2 is 1.92 bits per heavy atom. The average Bonchev–Trinajstić information content (AvgIpc) is 2.66. The van der Waals surface area contributed by atoms with Crippen LogP contribution in [0, 0.1) is 5.21 Å². The lowest BCUT2D eigenvalue weighted by Gasteiger charge is -2.11. The van der Waals surface area contributed by atoms with Crippen molar-refractivity contribution < 1.29 is 4.73 Å². The van der Waals surface area contributed by atoms with Gasteiger partial charge in [0.25, 0.3) is 5.56 Å². The molecule has 0 bridgehead atoms. The van der Waals surface area contributed by atoms with Gasteiger partial charge in [-0.25, -0.2) is 4.68 Å². The summed E-state index contributed by atoms with van der Waals surface area (Å²) in [6.45, 7) is 0.269. The molecule has 0 atom stereocenters. The van der Waals surface area contributed by atoms with E-state index in [1.807, 2.05) is 24.3 Å². The molecule has 0 fully saturated rings. The summed E-state index contributed by atoms with van der Waals surface area (Å²) in [5, 5.41) is 16.3. The summed E-state index contributed by atoms with van der Waals surface area (Å²) < 4.78 is 3.03. The molecule has 0 N–H and O–H groups in total. The van der Waals surface area contributed by atoms with Crippen LogP contribution < -0.4 is 10.3 Å². The van der Waals surface area contributed by atoms with Crippen LogP contribution in [0.4, 0.5) is 0 Å². The van der Waals surface area contributed by atoms with E-state index in [1.54, 1.807) is 30.5 Å². The highest BCUT2D eigenvalue weighted by Crippen LogP contribution is 2.25. The monoisotopic (exact) mass is 408 g/mol. The van der Waals surface area contributed by atoms with Crippen LogP contribution in [-0.4, -0.2) is 14.8 Å². The second kappa shape index (κ2) is 6.68. The van der Waals surface area contributed by atoms with Crippen molar-refractivity contribution >= 4 is 26.8 Å². The van der Waals surface area contributed by atoms with Crippen molar-refractivity contribution in [2.24, 2.45) is 0 Å². The first-order valence-corrected chi connectivity index (χ1v) is 8.70. The van der Waals surface area contributed by atoms with Crippen LogP contribution in [0.15, 0.2) is 76.4 Å². The van der Waals surface area contributed by atoms with E-state index < -0.39 is 0 Å². The Hall–Kier alpha value is -3.06. The fourth-order valence-electron chi connectivity index (χ4n) is 2.78. The van der Waals surface area contributed by atoms with Crippen molar-refractivity contribution in [1.82, 2.24) is 14.8 Å². The second-order valence-electron chi connectivity index (χ2n) is 5.79. The minimum Gasteiger partial charge on any atom is -0.619 e. The Morgan fingerprint density at radius 3 is 2.69 bits per heavy atom. The summed E-state index contributed by atoms with van der Waals surface area (Å²) in [7, 11) is 0. The number of hydrogen-bond donors (Lipinski definition) is 0. The van der Waals surface area contributed by atoms with Gasteiger partial charge < -0.3 is 5.21 Å². The second-order valence-corrected chi connectivity index (χ2v) is 6.70. The number of fused-ring (bicyclic) bond motifs is 1. The lowest BCUT2D eigenvalue weighted by atomic mass is 10.1. The Morgan fingerprint density at radius 1 is 1.12 bits per heavy atom. The zero-order valence-corrected chi connectivity index (χ0v) is 15.1. The third-order valence-electron chi connectivity index (χ3n) is 4.02. The van der Waals surface area contributed by atoms with Gasteiger partial charge in [-0.1, -0.05) is 28.1 Å². The van der Waals surface area contributed by atoms with Crippen LogP contribution >= 0.6 is 15.9 Å². The van der Waals surface area contributed by atoms with Gasteiger partial charge in [0.2, 0.25) is 0 Å². The zero-order valence-electron chi connectivity index (χ0n) is 13.5. The van der Waals surface area contributed by atoms with E-state index >= 15 is 0 Å². The zero-order chi connectivity index (χ0) is 18.1. The Balaban J connectivity index is 1.92. The number of pyridine rings is 2. The fourth-order valence-corrected chi connectivity index (χ4v) is 3.18. The Labute approximate surface area is 157 Å². The van der Waals surface area contributed by atoms with Gasteiger partial charge in [-0.2, -0.15) is 9.83 Å². The molecule has 0 saturated carbocycles. The summed E-state index contributed by atoms with van der Waals surface area (Å²) in [5.74, 6) is 0. The molecule has 0 saturated heterocycles. The van der Waals surface area contributed by atoms with Gasteiger partial charge in [-0.05, 0) is 29.8 Å². The molecule has 26 heavy (non-hydrogen) atoms. The summed E-state index contributed by atoms with van der Waals surface area (Å²) in [6, 6.07) is 14.5. The minimum absolute atomic E-state index is 0.217. The van der Waals surface area contributed by atoms with Gasteiger partial charge in [0, 0.05) is 28.4 Å². The molecular weight excluding hydrogens is 396 g/mol. The molecule has 0 radical (unpaired) electrons. The molecule has 4 aromatic rings. The quantitative estimate of drug-likeness (QED) is 0.385. The number of hydrogen-bond acceptors (Lipinski definition) is 4. The number of rotatable bonds is 3. The van der Waals surface area contributed by atoms with E-state index in [2.05, 4.69) is 26.0 Å². The van der Waals surface area contributed by atoms with Crippen LogP contribution in [-0.2, 0) is 6.54 Å². The highest BCUT2D eigenvalue weighted by molar-refractivity contribution is 9.10. The molecule has 1 aromatic carbocycles. The van der Waals surface area contributed by atoms with Crippen LogP contribution in [0.1, 0.15) is 5.56 Å². The lowest BCUT2D eigenvalue weighted by Crippen LogP contribution is -2.27. The summed E-state index contributed by atoms with van der Waals surface area (Å²) in [4.78, 5) is 17.2. The highest BCUT2D eigenvalue weighted by Gasteiger charge is 2.14. The molecule has 0 aliphatic rings. The average molecular weight is 409 g/mol. The van der Waals surface area contributed by atoms with E-state index in [9.17, 15) is 10.0 Å². The molecule has 6 nitrogen and oxygen atoms in total. The SMILES string of the molecule is O=c1c2cccnc2c(-c2cccc(Br)c2)nn1Cc1cc[n+]([O-])cc1. The summed E-state index contributed by atoms with van der Waals surface area (Å²) >= 11 is 3.47. The van der Waals surface area contributed by atoms with Crippen LogP contribution in [0.5, 0.6) is 0 Å². The standard InChI is InChI=1S/C19H13BrN4O2/c20-15-4-1-3-14(11-15)17-18-16(5-2-8-21-18)19(25)24(22-17)12-13-6-9-23(26)10-7-13/h1-11H,12H2. The maximum Gasteiger partial charge on any atom is 0.276 e. The first-order chi connectivity index (χ1) is 12.6. The first kappa shape index (κ1) is 16.4. The molecule has 0 spiro atoms. The maximum absolute atomic E-state index is 12.8. The molecule has 0 aliphatic carbocycles. The fraction of sp³-hybridized carbons (Fsp3) is 0.0526. The summed E-state index contributed by atoms with van der Waals surface area (Å²) in [6.07, 6.45) is 4.45. The van der Waals surface area contributed by atoms with Crippen LogP contribution in [0.2, 0.25) is 0 Å². The minimum atomic E-state index is -0.217. The predicted octanol–water partition coefficient (Wildman–Crippen LogP) is 2.90. The van der Waals surface area contributed by atoms with Gasteiger partial charge in [0.15, 0.2) is 12.4 Å². The third-order valence-corrected chi connectivity index (χ3v) is 4.51. The molecule has 0 unspecified atom stereocenters. The number of aromatic nitrogens is 4. The molecular formula is C19H13BrN4O2. The predicted molar refractivity (Wildman–Crippen MR) is 101 cm³/mol. The van der Waals surface area contributed by atoms with Crippen molar-refractivity contribution in [2.75, 3.05) is 0 Å². The normalized spacial score (nSPS) is 11.0. The van der Waals surface area contributed by atoms with Crippen molar-refractivity contribution in [3.63, 3.8) is 0 Å². The molecule has 7 heteroatoms. The lowest BCUT2D eigenvalue weighted by molar-refractivity contribution is -0.605. The van der Waals surface area contributed by atoms with E-state index in [1.165, 1.54) is 17.1 Å². The molecule has 0 amide bonds. The van der Waals surface area contributed by atoms with Gasteiger partial charge in [-0.15, -0.1) is 0 Å². The Kier molecular flexibility index (Phi) is 4.22. The smallest absolute Gasteiger partial charge is 0.276 e. The van der Waals surface area contributed by atoms with Crippen molar-refractivity contribution in [2.45, 2.75) is 6.54 Å². The largest absolute Gasteiger partial charge is 0.619 e. The van der Waals surface area contributed by atoms with Crippen LogP contribution in [0.25, 0.3) is 22.2 Å². The van der Waals surface area contributed by atoms with E-state index in [4.69, 9.17) is 0 Å². The number of benzene rings is 1. The molecule has 4 rings (SSSR count). The number of nitrogens with zero attached hydrogens (tertiary/aromatic N) is 4. The first-order valence-electron chi connectivity index (χ1n) is 7.91. The van der Waals surface area contributed by atoms with E-state index in [0.29, 0.717) is 21.3 Å². The van der Waals surface area contributed by atoms with E-state index in [0.717, 1.165) is 15.6 Å². The summed E-state index contributed by atoms with van der Waals surface area (Å²) in [5.41, 5.74) is 2.66. The molecule has 0 aliphatic heterocycles. The topological polar surface area (TPSA) is 74.7 Å². The Bertz CT molecular complexity index is 1160. The third kappa shape index (κ3) is 3.09. The molecule has 3 heterocycles.